The van der Waals surface area contributed by atoms with Crippen molar-refractivity contribution in [3.63, 3.8) is 0 Å². The third-order valence-corrected chi connectivity index (χ3v) is 3.77. The van der Waals surface area contributed by atoms with Gasteiger partial charge in [-0.15, -0.1) is 10.2 Å². The number of benzene rings is 1. The molecule has 0 amide bonds. The van der Waals surface area contributed by atoms with Gasteiger partial charge in [0.2, 0.25) is 0 Å². The molecular formula is C18H15N5. The summed E-state index contributed by atoms with van der Waals surface area (Å²) in [4.78, 5) is 8.93. The maximum Gasteiger partial charge on any atom is 0.182 e. The fraction of sp³-hybridized carbons (Fsp3) is 0.111. The van der Waals surface area contributed by atoms with Crippen molar-refractivity contribution in [3.8, 4) is 0 Å². The van der Waals surface area contributed by atoms with Crippen LogP contribution in [0, 0.1) is 13.8 Å². The Morgan fingerprint density at radius 1 is 0.957 bits per heavy atom. The van der Waals surface area contributed by atoms with Gasteiger partial charge < -0.3 is 0 Å². The van der Waals surface area contributed by atoms with Crippen LogP contribution in [-0.2, 0) is 0 Å². The van der Waals surface area contributed by atoms with Crippen LogP contribution in [0.5, 0.6) is 0 Å². The van der Waals surface area contributed by atoms with E-state index in [1.54, 1.807) is 6.20 Å². The minimum absolute atomic E-state index is 0.747. The van der Waals surface area contributed by atoms with Crippen LogP contribution in [0.3, 0.4) is 0 Å². The summed E-state index contributed by atoms with van der Waals surface area (Å²) in [6.07, 6.45) is 3.79. The lowest BCUT2D eigenvalue weighted by Gasteiger charge is -2.00. The molecule has 0 unspecified atom stereocenters. The van der Waals surface area contributed by atoms with Crippen molar-refractivity contribution in [3.05, 3.63) is 66.1 Å². The first-order chi connectivity index (χ1) is 11.2. The molecule has 0 aliphatic carbocycles. The minimum atomic E-state index is 0.747. The van der Waals surface area contributed by atoms with Crippen LogP contribution in [-0.4, -0.2) is 14.4 Å². The molecule has 0 aliphatic heterocycles. The van der Waals surface area contributed by atoms with E-state index in [1.807, 2.05) is 66.9 Å². The second-order valence-corrected chi connectivity index (χ2v) is 5.51. The quantitative estimate of drug-likeness (QED) is 0.494. The molecule has 3 aromatic heterocycles. The molecule has 0 atom stereocenters. The Kier molecular flexibility index (Phi) is 3.12. The first kappa shape index (κ1) is 13.6. The Balaban J connectivity index is 1.85. The third-order valence-electron chi connectivity index (χ3n) is 3.77. The lowest BCUT2D eigenvalue weighted by Crippen LogP contribution is -1.85. The Hall–Kier alpha value is -3.08. The van der Waals surface area contributed by atoms with Gasteiger partial charge in [0, 0.05) is 17.8 Å². The molecule has 5 heteroatoms. The Morgan fingerprint density at radius 3 is 2.74 bits per heavy atom. The van der Waals surface area contributed by atoms with E-state index < -0.39 is 0 Å². The molecule has 0 saturated heterocycles. The number of para-hydroxylation sites is 1. The van der Waals surface area contributed by atoms with E-state index in [0.717, 1.165) is 39.3 Å². The summed E-state index contributed by atoms with van der Waals surface area (Å²) in [7, 11) is 0. The molecule has 4 rings (SSSR count). The van der Waals surface area contributed by atoms with E-state index in [2.05, 4.69) is 20.2 Å². The van der Waals surface area contributed by atoms with Crippen LogP contribution in [0.15, 0.2) is 65.1 Å². The lowest BCUT2D eigenvalue weighted by molar-refractivity contribution is 1.08. The van der Waals surface area contributed by atoms with Crippen LogP contribution in [0.2, 0.25) is 0 Å². The normalized spacial score (nSPS) is 11.7. The van der Waals surface area contributed by atoms with Crippen molar-refractivity contribution in [2.45, 2.75) is 13.8 Å². The van der Waals surface area contributed by atoms with Crippen molar-refractivity contribution in [2.24, 2.45) is 10.2 Å². The summed E-state index contributed by atoms with van der Waals surface area (Å²) in [5.41, 5.74) is 4.48. The molecule has 0 aliphatic rings. The molecule has 4 aromatic rings. The largest absolute Gasteiger partial charge is 0.283 e. The van der Waals surface area contributed by atoms with Gasteiger partial charge in [0.25, 0.3) is 0 Å². The van der Waals surface area contributed by atoms with E-state index in [9.17, 15) is 0 Å². The van der Waals surface area contributed by atoms with Crippen molar-refractivity contribution in [1.82, 2.24) is 14.4 Å². The summed E-state index contributed by atoms with van der Waals surface area (Å²) in [6, 6.07) is 13.9. The number of hydrogen-bond acceptors (Lipinski definition) is 4. The molecule has 5 nitrogen and oxygen atoms in total. The molecule has 0 saturated carbocycles. The molecule has 0 radical (unpaired) electrons. The van der Waals surface area contributed by atoms with Gasteiger partial charge in [-0.25, -0.2) is 4.98 Å². The SMILES string of the molecule is Cc1ccc2nc(C)c(N=Nc3cccc4cccnc34)n2c1. The lowest BCUT2D eigenvalue weighted by atomic mass is 10.2. The molecule has 1 aromatic carbocycles. The number of pyridine rings is 2. The van der Waals surface area contributed by atoms with E-state index in [-0.39, 0.29) is 0 Å². The highest BCUT2D eigenvalue weighted by Crippen LogP contribution is 2.27. The van der Waals surface area contributed by atoms with Crippen LogP contribution < -0.4 is 0 Å². The molecule has 23 heavy (non-hydrogen) atoms. The molecule has 0 bridgehead atoms. The minimum Gasteiger partial charge on any atom is -0.283 e. The van der Waals surface area contributed by atoms with E-state index in [4.69, 9.17) is 0 Å². The predicted octanol–water partition coefficient (Wildman–Crippen LogP) is 4.91. The van der Waals surface area contributed by atoms with Crippen LogP contribution in [0.4, 0.5) is 11.5 Å². The van der Waals surface area contributed by atoms with Gasteiger partial charge in [-0.3, -0.25) is 9.38 Å². The summed E-state index contributed by atoms with van der Waals surface area (Å²) < 4.78 is 1.97. The summed E-state index contributed by atoms with van der Waals surface area (Å²) in [5.74, 6) is 0.747. The van der Waals surface area contributed by atoms with Gasteiger partial charge in [0.15, 0.2) is 5.82 Å². The number of aromatic nitrogens is 3. The summed E-state index contributed by atoms with van der Waals surface area (Å²) in [6.45, 7) is 3.99. The third kappa shape index (κ3) is 2.36. The zero-order chi connectivity index (χ0) is 15.8. The van der Waals surface area contributed by atoms with Gasteiger partial charge in [0.05, 0.1) is 11.2 Å². The Morgan fingerprint density at radius 2 is 1.83 bits per heavy atom. The highest BCUT2D eigenvalue weighted by atomic mass is 15.2. The zero-order valence-electron chi connectivity index (χ0n) is 12.9. The van der Waals surface area contributed by atoms with Gasteiger partial charge in [-0.2, -0.15) is 0 Å². The second-order valence-electron chi connectivity index (χ2n) is 5.51. The standard InChI is InChI=1S/C18H15N5/c1-12-8-9-16-20-13(2)18(23(16)11-12)22-21-15-7-3-5-14-6-4-10-19-17(14)15/h3-11H,1-2H3. The van der Waals surface area contributed by atoms with E-state index in [1.165, 1.54) is 0 Å². The average Bonchev–Trinajstić information content (AvgIpc) is 2.87. The van der Waals surface area contributed by atoms with Crippen LogP contribution in [0.1, 0.15) is 11.3 Å². The van der Waals surface area contributed by atoms with Crippen molar-refractivity contribution in [1.29, 1.82) is 0 Å². The van der Waals surface area contributed by atoms with Crippen molar-refractivity contribution >= 4 is 28.1 Å². The summed E-state index contributed by atoms with van der Waals surface area (Å²) >= 11 is 0. The van der Waals surface area contributed by atoms with Gasteiger partial charge in [-0.05, 0) is 37.6 Å². The fourth-order valence-electron chi connectivity index (χ4n) is 2.65. The highest BCUT2D eigenvalue weighted by Gasteiger charge is 2.08. The molecule has 0 fully saturated rings. The highest BCUT2D eigenvalue weighted by molar-refractivity contribution is 5.88. The predicted molar refractivity (Wildman–Crippen MR) is 90.6 cm³/mol. The van der Waals surface area contributed by atoms with Gasteiger partial charge in [-0.1, -0.05) is 24.3 Å². The maximum absolute atomic E-state index is 4.52. The van der Waals surface area contributed by atoms with Crippen molar-refractivity contribution < 1.29 is 0 Å². The number of azo groups is 1. The first-order valence-corrected chi connectivity index (χ1v) is 7.43. The summed E-state index contributed by atoms with van der Waals surface area (Å²) in [5, 5.41) is 9.91. The van der Waals surface area contributed by atoms with E-state index in [0.29, 0.717) is 0 Å². The van der Waals surface area contributed by atoms with Gasteiger partial charge >= 0.3 is 0 Å². The Labute approximate surface area is 133 Å². The number of nitrogens with zero attached hydrogens (tertiary/aromatic N) is 5. The zero-order valence-corrected chi connectivity index (χ0v) is 12.9. The van der Waals surface area contributed by atoms with Crippen LogP contribution >= 0.6 is 0 Å². The van der Waals surface area contributed by atoms with E-state index >= 15 is 0 Å². The fourth-order valence-corrected chi connectivity index (χ4v) is 2.65. The molecule has 0 spiro atoms. The number of fused-ring (bicyclic) bond motifs is 2. The molecule has 112 valence electrons. The van der Waals surface area contributed by atoms with Gasteiger partial charge in [0.1, 0.15) is 11.3 Å². The van der Waals surface area contributed by atoms with Crippen LogP contribution in [0.25, 0.3) is 16.6 Å². The Bertz CT molecular complexity index is 1040. The second kappa shape index (κ2) is 5.28. The maximum atomic E-state index is 4.52. The number of rotatable bonds is 2. The molecule has 0 N–H and O–H groups in total. The topological polar surface area (TPSA) is 54.9 Å². The number of imidazole rings is 1. The average molecular weight is 301 g/mol. The van der Waals surface area contributed by atoms with Crippen molar-refractivity contribution in [2.75, 3.05) is 0 Å². The monoisotopic (exact) mass is 301 g/mol. The molecular weight excluding hydrogens is 286 g/mol. The number of aryl methyl sites for hydroxylation is 2. The molecule has 3 heterocycles. The smallest absolute Gasteiger partial charge is 0.182 e. The number of hydrogen-bond donors (Lipinski definition) is 0. The first-order valence-electron chi connectivity index (χ1n) is 7.43.